The SMILES string of the molecule is Cc1ccc(CN(C)C2CCCCC2Br)cc1C. The van der Waals surface area contributed by atoms with Gasteiger partial charge in [-0.25, -0.2) is 0 Å². The van der Waals surface area contributed by atoms with Crippen molar-refractivity contribution in [3.63, 3.8) is 0 Å². The Hall–Kier alpha value is -0.340. The predicted molar refractivity (Wildman–Crippen MR) is 82.4 cm³/mol. The molecule has 1 aromatic rings. The lowest BCUT2D eigenvalue weighted by Crippen LogP contribution is -2.40. The molecule has 2 unspecified atom stereocenters. The maximum Gasteiger partial charge on any atom is 0.0301 e. The highest BCUT2D eigenvalue weighted by molar-refractivity contribution is 9.09. The zero-order chi connectivity index (χ0) is 13.1. The number of aryl methyl sites for hydroxylation is 2. The van der Waals surface area contributed by atoms with Crippen molar-refractivity contribution in [3.05, 3.63) is 34.9 Å². The van der Waals surface area contributed by atoms with Crippen LogP contribution >= 0.6 is 15.9 Å². The van der Waals surface area contributed by atoms with Gasteiger partial charge in [-0.15, -0.1) is 0 Å². The Morgan fingerprint density at radius 3 is 2.56 bits per heavy atom. The van der Waals surface area contributed by atoms with Crippen molar-refractivity contribution < 1.29 is 0 Å². The molecule has 0 heterocycles. The summed E-state index contributed by atoms with van der Waals surface area (Å²) in [6.45, 7) is 5.44. The molecule has 2 atom stereocenters. The van der Waals surface area contributed by atoms with E-state index in [0.717, 1.165) is 6.54 Å². The van der Waals surface area contributed by atoms with E-state index in [1.54, 1.807) is 0 Å². The Morgan fingerprint density at radius 2 is 1.89 bits per heavy atom. The summed E-state index contributed by atoms with van der Waals surface area (Å²) in [5, 5.41) is 0. The minimum absolute atomic E-state index is 0.669. The van der Waals surface area contributed by atoms with Gasteiger partial charge in [-0.2, -0.15) is 0 Å². The van der Waals surface area contributed by atoms with Crippen LogP contribution in [0.3, 0.4) is 0 Å². The van der Waals surface area contributed by atoms with Crippen LogP contribution in [-0.2, 0) is 6.54 Å². The molecular weight excluding hydrogens is 286 g/mol. The Kier molecular flexibility index (Phi) is 4.85. The van der Waals surface area contributed by atoms with E-state index in [9.17, 15) is 0 Å². The summed E-state index contributed by atoms with van der Waals surface area (Å²) in [5.41, 5.74) is 4.23. The molecule has 1 fully saturated rings. The van der Waals surface area contributed by atoms with Gasteiger partial charge in [0.1, 0.15) is 0 Å². The van der Waals surface area contributed by atoms with E-state index in [1.807, 2.05) is 0 Å². The molecule has 0 bridgehead atoms. The Morgan fingerprint density at radius 1 is 1.17 bits per heavy atom. The minimum atomic E-state index is 0.669. The van der Waals surface area contributed by atoms with Gasteiger partial charge in [0.25, 0.3) is 0 Å². The van der Waals surface area contributed by atoms with Crippen LogP contribution in [0.5, 0.6) is 0 Å². The van der Waals surface area contributed by atoms with Crippen LogP contribution in [0.2, 0.25) is 0 Å². The molecule has 1 nitrogen and oxygen atoms in total. The van der Waals surface area contributed by atoms with Gasteiger partial charge < -0.3 is 0 Å². The monoisotopic (exact) mass is 309 g/mol. The van der Waals surface area contributed by atoms with Gasteiger partial charge >= 0.3 is 0 Å². The van der Waals surface area contributed by atoms with E-state index in [0.29, 0.717) is 10.9 Å². The molecular formula is C16H24BrN. The third-order valence-electron chi connectivity index (χ3n) is 4.22. The lowest BCUT2D eigenvalue weighted by atomic mass is 9.94. The molecule has 1 aliphatic rings. The van der Waals surface area contributed by atoms with Gasteiger partial charge in [-0.3, -0.25) is 4.90 Å². The lowest BCUT2D eigenvalue weighted by Gasteiger charge is -2.35. The molecule has 2 heteroatoms. The van der Waals surface area contributed by atoms with Crippen LogP contribution in [0.4, 0.5) is 0 Å². The highest BCUT2D eigenvalue weighted by atomic mass is 79.9. The largest absolute Gasteiger partial charge is 0.298 e. The fourth-order valence-electron chi connectivity index (χ4n) is 2.87. The van der Waals surface area contributed by atoms with Crippen molar-refractivity contribution in [3.8, 4) is 0 Å². The summed E-state index contributed by atoms with van der Waals surface area (Å²) in [7, 11) is 2.26. The predicted octanol–water partition coefficient (Wildman–Crippen LogP) is 4.44. The first kappa shape index (κ1) is 14.1. The van der Waals surface area contributed by atoms with Gasteiger partial charge in [0.05, 0.1) is 0 Å². The van der Waals surface area contributed by atoms with Crippen molar-refractivity contribution in [1.29, 1.82) is 0 Å². The minimum Gasteiger partial charge on any atom is -0.298 e. The number of hydrogen-bond donors (Lipinski definition) is 0. The second kappa shape index (κ2) is 6.21. The number of nitrogens with zero attached hydrogens (tertiary/aromatic N) is 1. The van der Waals surface area contributed by atoms with Crippen molar-refractivity contribution in [1.82, 2.24) is 4.90 Å². The van der Waals surface area contributed by atoms with Crippen LogP contribution in [0.15, 0.2) is 18.2 Å². The quantitative estimate of drug-likeness (QED) is 0.746. The van der Waals surface area contributed by atoms with Crippen molar-refractivity contribution >= 4 is 15.9 Å². The van der Waals surface area contributed by atoms with Crippen LogP contribution in [0.25, 0.3) is 0 Å². The second-order valence-corrected chi connectivity index (χ2v) is 6.88. The average Bonchev–Trinajstić information content (AvgIpc) is 2.34. The maximum atomic E-state index is 3.85. The van der Waals surface area contributed by atoms with Gasteiger partial charge in [-0.1, -0.05) is 47.0 Å². The number of benzene rings is 1. The normalized spacial score (nSPS) is 24.5. The maximum absolute atomic E-state index is 3.85. The third kappa shape index (κ3) is 3.36. The first-order chi connectivity index (χ1) is 8.58. The average molecular weight is 310 g/mol. The van der Waals surface area contributed by atoms with Crippen molar-refractivity contribution in [2.24, 2.45) is 0 Å². The molecule has 0 spiro atoms. The van der Waals surface area contributed by atoms with Gasteiger partial charge in [0, 0.05) is 17.4 Å². The molecule has 0 aromatic heterocycles. The van der Waals surface area contributed by atoms with E-state index >= 15 is 0 Å². The van der Waals surface area contributed by atoms with E-state index in [-0.39, 0.29) is 0 Å². The van der Waals surface area contributed by atoms with E-state index < -0.39 is 0 Å². The van der Waals surface area contributed by atoms with Crippen molar-refractivity contribution in [2.75, 3.05) is 7.05 Å². The molecule has 0 radical (unpaired) electrons. The summed E-state index contributed by atoms with van der Waals surface area (Å²) in [4.78, 5) is 3.19. The number of rotatable bonds is 3. The number of hydrogen-bond acceptors (Lipinski definition) is 1. The Labute approximate surface area is 120 Å². The zero-order valence-electron chi connectivity index (χ0n) is 11.7. The molecule has 100 valence electrons. The smallest absolute Gasteiger partial charge is 0.0301 e. The Bertz CT molecular complexity index is 402. The van der Waals surface area contributed by atoms with E-state index in [2.05, 4.69) is 59.9 Å². The fourth-order valence-corrected chi connectivity index (χ4v) is 3.86. The van der Waals surface area contributed by atoms with Gasteiger partial charge in [0.2, 0.25) is 0 Å². The zero-order valence-corrected chi connectivity index (χ0v) is 13.3. The van der Waals surface area contributed by atoms with Crippen LogP contribution < -0.4 is 0 Å². The van der Waals surface area contributed by atoms with Crippen LogP contribution in [0, 0.1) is 13.8 Å². The number of halogens is 1. The Balaban J connectivity index is 2.01. The molecule has 1 aromatic carbocycles. The van der Waals surface area contributed by atoms with Crippen LogP contribution in [-0.4, -0.2) is 22.8 Å². The summed E-state index contributed by atoms with van der Waals surface area (Å²) in [6, 6.07) is 7.54. The van der Waals surface area contributed by atoms with E-state index in [4.69, 9.17) is 0 Å². The molecule has 0 amide bonds. The highest BCUT2D eigenvalue weighted by Gasteiger charge is 2.26. The summed E-state index contributed by atoms with van der Waals surface area (Å²) >= 11 is 3.85. The molecule has 1 aliphatic carbocycles. The molecule has 0 aliphatic heterocycles. The summed E-state index contributed by atoms with van der Waals surface area (Å²) in [6.07, 6.45) is 5.41. The molecule has 1 saturated carbocycles. The van der Waals surface area contributed by atoms with Gasteiger partial charge in [-0.05, 0) is 50.4 Å². The fraction of sp³-hybridized carbons (Fsp3) is 0.625. The lowest BCUT2D eigenvalue weighted by molar-refractivity contribution is 0.193. The molecule has 0 saturated heterocycles. The highest BCUT2D eigenvalue weighted by Crippen LogP contribution is 2.28. The third-order valence-corrected chi connectivity index (χ3v) is 5.28. The standard InChI is InChI=1S/C16H24BrN/c1-12-8-9-14(10-13(12)2)11-18(3)16-7-5-4-6-15(16)17/h8-10,15-16H,4-7,11H2,1-3H3. The molecule has 0 N–H and O–H groups in total. The first-order valence-corrected chi connectivity index (χ1v) is 7.90. The molecule has 2 rings (SSSR count). The number of alkyl halides is 1. The van der Waals surface area contributed by atoms with Gasteiger partial charge in [0.15, 0.2) is 0 Å². The summed E-state index contributed by atoms with van der Waals surface area (Å²) in [5.74, 6) is 0. The topological polar surface area (TPSA) is 3.24 Å². The van der Waals surface area contributed by atoms with E-state index in [1.165, 1.54) is 42.4 Å². The first-order valence-electron chi connectivity index (χ1n) is 6.98. The van der Waals surface area contributed by atoms with Crippen LogP contribution in [0.1, 0.15) is 42.4 Å². The summed E-state index contributed by atoms with van der Waals surface area (Å²) < 4.78 is 0. The molecule has 18 heavy (non-hydrogen) atoms. The van der Waals surface area contributed by atoms with Crippen molar-refractivity contribution in [2.45, 2.75) is 56.9 Å². The second-order valence-electron chi connectivity index (χ2n) is 5.70.